The zero-order valence-corrected chi connectivity index (χ0v) is 20.6. The van der Waals surface area contributed by atoms with Crippen LogP contribution in [0, 0.1) is 17.8 Å². The molecule has 3 unspecified atom stereocenters. The molecule has 1 aromatic rings. The lowest BCUT2D eigenvalue weighted by atomic mass is 9.80. The molecule has 4 atom stereocenters. The fourth-order valence-corrected chi connectivity index (χ4v) is 3.97. The van der Waals surface area contributed by atoms with E-state index in [1.165, 1.54) is 11.1 Å². The molecule has 0 aromatic heterocycles. The summed E-state index contributed by atoms with van der Waals surface area (Å²) in [7, 11) is 1.00. The topological polar surface area (TPSA) is 78.8 Å². The molecule has 2 rings (SSSR count). The van der Waals surface area contributed by atoms with Gasteiger partial charge in [-0.2, -0.15) is 0 Å². The first-order chi connectivity index (χ1) is 15.8. The van der Waals surface area contributed by atoms with Gasteiger partial charge in [-0.25, -0.2) is 0 Å². The number of rotatable bonds is 12. The van der Waals surface area contributed by atoms with Gasteiger partial charge in [0.2, 0.25) is 5.91 Å². The van der Waals surface area contributed by atoms with E-state index >= 15 is 0 Å². The summed E-state index contributed by atoms with van der Waals surface area (Å²) < 4.78 is 5.59. The molecule has 0 aliphatic heterocycles. The highest BCUT2D eigenvalue weighted by Gasteiger charge is 2.25. The highest BCUT2D eigenvalue weighted by molar-refractivity contribution is 5.76. The average molecular weight is 456 g/mol. The summed E-state index contributed by atoms with van der Waals surface area (Å²) in [6, 6.07) is 10.4. The monoisotopic (exact) mass is 455 g/mol. The fourth-order valence-electron chi connectivity index (χ4n) is 3.97. The molecule has 33 heavy (non-hydrogen) atoms. The van der Waals surface area contributed by atoms with E-state index in [-0.39, 0.29) is 36.5 Å². The predicted octanol–water partition coefficient (Wildman–Crippen LogP) is 5.80. The molecule has 0 radical (unpaired) electrons. The van der Waals surface area contributed by atoms with Crippen molar-refractivity contribution >= 4 is 11.5 Å². The maximum absolute atomic E-state index is 12.4. The van der Waals surface area contributed by atoms with Crippen molar-refractivity contribution in [3.63, 3.8) is 0 Å². The molecule has 0 bridgehead atoms. The van der Waals surface area contributed by atoms with Gasteiger partial charge in [0.1, 0.15) is 0 Å². The highest BCUT2D eigenvalue weighted by Crippen LogP contribution is 2.32. The van der Waals surface area contributed by atoms with Gasteiger partial charge >= 0.3 is 0 Å². The first-order valence-electron chi connectivity index (χ1n) is 11.7. The molecule has 0 fully saturated rings. The lowest BCUT2D eigenvalue weighted by Crippen LogP contribution is -2.38. The summed E-state index contributed by atoms with van der Waals surface area (Å²) in [5, 5.41) is 19.5. The Morgan fingerprint density at radius 2 is 1.85 bits per heavy atom. The summed E-state index contributed by atoms with van der Waals surface area (Å²) >= 11 is 0. The second-order valence-corrected chi connectivity index (χ2v) is 8.47. The van der Waals surface area contributed by atoms with Gasteiger partial charge < -0.3 is 20.3 Å². The van der Waals surface area contributed by atoms with E-state index in [1.54, 1.807) is 0 Å². The predicted molar refractivity (Wildman–Crippen MR) is 136 cm³/mol. The van der Waals surface area contributed by atoms with E-state index in [1.807, 2.05) is 13.0 Å². The van der Waals surface area contributed by atoms with Crippen molar-refractivity contribution in [1.82, 2.24) is 5.32 Å². The molecule has 1 aliphatic carbocycles. The van der Waals surface area contributed by atoms with Gasteiger partial charge in [0.05, 0.1) is 18.1 Å². The molecule has 3 N–H and O–H groups in total. The van der Waals surface area contributed by atoms with Crippen LogP contribution in [0.3, 0.4) is 0 Å². The van der Waals surface area contributed by atoms with E-state index in [0.717, 1.165) is 25.7 Å². The minimum Gasteiger partial charge on any atom is -0.513 e. The molecular formula is C28H41NO4. The molecule has 0 saturated heterocycles. The van der Waals surface area contributed by atoms with Crippen LogP contribution in [0.4, 0.5) is 0 Å². The normalized spacial score (nSPS) is 18.8. The van der Waals surface area contributed by atoms with Crippen molar-refractivity contribution in [3.8, 4) is 0 Å². The summed E-state index contributed by atoms with van der Waals surface area (Å²) in [6.45, 7) is 14.4. The largest absolute Gasteiger partial charge is 0.513 e. The van der Waals surface area contributed by atoms with E-state index in [2.05, 4.69) is 74.8 Å². The van der Waals surface area contributed by atoms with Crippen LogP contribution < -0.4 is 5.32 Å². The fraction of sp³-hybridized carbons (Fsp3) is 0.464. The quantitative estimate of drug-likeness (QED) is 0.348. The van der Waals surface area contributed by atoms with Gasteiger partial charge in [-0.3, -0.25) is 4.79 Å². The van der Waals surface area contributed by atoms with Crippen molar-refractivity contribution in [2.75, 3.05) is 13.7 Å². The molecule has 0 heterocycles. The third-order valence-electron chi connectivity index (χ3n) is 5.83. The Morgan fingerprint density at radius 1 is 1.18 bits per heavy atom. The Kier molecular flexibility index (Phi) is 12.9. The SMILES string of the molecule is C=C(O)CCC(=O)NC(CC1C=CC(c2ccccc2)=CC1C)C[C@@H](C)C(=C)OCC.CO. The van der Waals surface area contributed by atoms with Crippen molar-refractivity contribution in [3.05, 3.63) is 78.8 Å². The van der Waals surface area contributed by atoms with Gasteiger partial charge in [-0.05, 0) is 42.7 Å². The number of carbonyl (C=O) groups excluding carboxylic acids is 1. The second-order valence-electron chi connectivity index (χ2n) is 8.47. The number of carbonyl (C=O) groups is 1. The van der Waals surface area contributed by atoms with Gasteiger partial charge in [0, 0.05) is 31.9 Å². The Balaban J connectivity index is 0.00000265. The van der Waals surface area contributed by atoms with Crippen LogP contribution in [-0.4, -0.2) is 35.9 Å². The smallest absolute Gasteiger partial charge is 0.220 e. The first kappa shape index (κ1) is 28.2. The molecule has 1 amide bonds. The number of hydrogen-bond donors (Lipinski definition) is 3. The molecule has 1 aromatic carbocycles. The third-order valence-corrected chi connectivity index (χ3v) is 5.83. The van der Waals surface area contributed by atoms with E-state index in [4.69, 9.17) is 9.84 Å². The van der Waals surface area contributed by atoms with Gasteiger partial charge in [-0.1, -0.05) is 75.6 Å². The Bertz CT molecular complexity index is 812. The minimum absolute atomic E-state index is 0.00422. The van der Waals surface area contributed by atoms with Crippen LogP contribution in [0.5, 0.6) is 0 Å². The minimum atomic E-state index is -0.0672. The van der Waals surface area contributed by atoms with Crippen molar-refractivity contribution in [2.45, 2.75) is 52.5 Å². The third kappa shape index (κ3) is 10.1. The van der Waals surface area contributed by atoms with Crippen LogP contribution in [0.15, 0.2) is 73.2 Å². The molecule has 1 aliphatic rings. The lowest BCUT2D eigenvalue weighted by Gasteiger charge is -2.30. The Hall–Kier alpha value is -2.79. The molecule has 5 heteroatoms. The van der Waals surface area contributed by atoms with E-state index in [0.29, 0.717) is 18.4 Å². The number of aliphatic hydroxyl groups is 2. The number of ether oxygens (including phenoxy) is 1. The summed E-state index contributed by atoms with van der Waals surface area (Å²) in [5.41, 5.74) is 2.46. The van der Waals surface area contributed by atoms with Crippen molar-refractivity contribution in [2.24, 2.45) is 17.8 Å². The summed E-state index contributed by atoms with van der Waals surface area (Å²) in [4.78, 5) is 12.4. The van der Waals surface area contributed by atoms with Gasteiger partial charge in [-0.15, -0.1) is 0 Å². The first-order valence-corrected chi connectivity index (χ1v) is 11.7. The molecular weight excluding hydrogens is 414 g/mol. The number of aliphatic hydroxyl groups excluding tert-OH is 2. The maximum atomic E-state index is 12.4. The number of hydrogen-bond acceptors (Lipinski definition) is 4. The van der Waals surface area contributed by atoms with Gasteiger partial charge in [0.15, 0.2) is 0 Å². The molecule has 0 saturated carbocycles. The Morgan fingerprint density at radius 3 is 2.42 bits per heavy atom. The van der Waals surface area contributed by atoms with Crippen LogP contribution in [0.1, 0.15) is 52.0 Å². The van der Waals surface area contributed by atoms with Crippen LogP contribution in [-0.2, 0) is 9.53 Å². The van der Waals surface area contributed by atoms with Crippen LogP contribution in [0.25, 0.3) is 5.57 Å². The summed E-state index contributed by atoms with van der Waals surface area (Å²) in [5.74, 6) is 1.55. The maximum Gasteiger partial charge on any atom is 0.220 e. The zero-order chi connectivity index (χ0) is 24.8. The number of nitrogens with one attached hydrogen (secondary N) is 1. The van der Waals surface area contributed by atoms with Crippen LogP contribution in [0.2, 0.25) is 0 Å². The van der Waals surface area contributed by atoms with Crippen LogP contribution >= 0.6 is 0 Å². The molecule has 5 nitrogen and oxygen atoms in total. The number of allylic oxidation sites excluding steroid dienone is 6. The lowest BCUT2D eigenvalue weighted by molar-refractivity contribution is -0.122. The second kappa shape index (κ2) is 15.1. The molecule has 0 spiro atoms. The van der Waals surface area contributed by atoms with E-state index < -0.39 is 0 Å². The highest BCUT2D eigenvalue weighted by atomic mass is 16.5. The summed E-state index contributed by atoms with van der Waals surface area (Å²) in [6.07, 6.45) is 8.89. The van der Waals surface area contributed by atoms with Crippen molar-refractivity contribution < 1.29 is 19.7 Å². The van der Waals surface area contributed by atoms with Crippen molar-refractivity contribution in [1.29, 1.82) is 0 Å². The number of benzene rings is 1. The zero-order valence-electron chi connectivity index (χ0n) is 20.6. The Labute approximate surface area is 199 Å². The average Bonchev–Trinajstić information content (AvgIpc) is 2.81. The van der Waals surface area contributed by atoms with E-state index in [9.17, 15) is 9.90 Å². The standard InChI is InChI=1S/C27H37NO3.CH4O/c1-6-31-22(5)19(2)17-26(28-27(30)15-12-21(4)29)18-24-13-14-25(16-20(24)3)23-10-8-7-9-11-23;1-2/h7-11,13-14,16,19-20,24,26,29H,4-6,12,15,17-18H2,1-3H3,(H,28,30);2H,1H3/t19-,20?,24?,26?;/m1./s1. The van der Waals surface area contributed by atoms with Gasteiger partial charge in [0.25, 0.3) is 0 Å². The molecule has 182 valence electrons. The number of amides is 1.